The Morgan fingerprint density at radius 1 is 1.15 bits per heavy atom. The molecule has 0 atom stereocenters. The second-order valence-electron chi connectivity index (χ2n) is 6.54. The van der Waals surface area contributed by atoms with Crippen molar-refractivity contribution in [1.29, 1.82) is 0 Å². The van der Waals surface area contributed by atoms with E-state index in [0.717, 1.165) is 66.3 Å². The summed E-state index contributed by atoms with van der Waals surface area (Å²) in [5.74, 6) is 1.81. The Kier molecular flexibility index (Phi) is 5.17. The van der Waals surface area contributed by atoms with E-state index in [-0.39, 0.29) is 0 Å². The summed E-state index contributed by atoms with van der Waals surface area (Å²) in [5, 5.41) is 5.77. The summed E-state index contributed by atoms with van der Waals surface area (Å²) in [6.45, 7) is 11.3. The van der Waals surface area contributed by atoms with E-state index in [4.69, 9.17) is 14.7 Å². The van der Waals surface area contributed by atoms with Gasteiger partial charge in [0.15, 0.2) is 0 Å². The summed E-state index contributed by atoms with van der Waals surface area (Å²) in [6.07, 6.45) is 1.94. The lowest BCUT2D eigenvalue weighted by Crippen LogP contribution is -2.36. The van der Waals surface area contributed by atoms with Crippen molar-refractivity contribution in [3.63, 3.8) is 0 Å². The molecule has 0 unspecified atom stereocenters. The van der Waals surface area contributed by atoms with Crippen molar-refractivity contribution in [2.45, 2.75) is 33.9 Å². The highest BCUT2D eigenvalue weighted by Crippen LogP contribution is 2.33. The van der Waals surface area contributed by atoms with Gasteiger partial charge < -0.3 is 10.1 Å². The summed E-state index contributed by atoms with van der Waals surface area (Å²) >= 11 is 3.47. The highest BCUT2D eigenvalue weighted by Gasteiger charge is 2.17. The lowest BCUT2D eigenvalue weighted by atomic mass is 10.2. The normalized spacial score (nSPS) is 15.7. The molecule has 138 valence electrons. The van der Waals surface area contributed by atoms with E-state index in [1.54, 1.807) is 22.7 Å². The maximum Gasteiger partial charge on any atom is 0.146 e. The third-order valence-electron chi connectivity index (χ3n) is 4.64. The predicted octanol–water partition coefficient (Wildman–Crippen LogP) is 3.52. The number of aromatic nitrogens is 3. The average Bonchev–Trinajstić information content (AvgIpc) is 3.17. The Hall–Kier alpha value is -1.61. The van der Waals surface area contributed by atoms with Crippen LogP contribution in [0.3, 0.4) is 0 Å². The number of hydrogen-bond acceptors (Lipinski definition) is 8. The number of aryl methyl sites for hydroxylation is 3. The Morgan fingerprint density at radius 3 is 2.69 bits per heavy atom. The SMILES string of the molecule is Cc1ncc(CNc2nc(CN3CCOCC3)nc3sc(C)c(C)c23)s1. The summed E-state index contributed by atoms with van der Waals surface area (Å²) < 4.78 is 5.44. The number of thiazole rings is 1. The van der Waals surface area contributed by atoms with Gasteiger partial charge >= 0.3 is 0 Å². The second-order valence-corrected chi connectivity index (χ2v) is 9.06. The van der Waals surface area contributed by atoms with E-state index >= 15 is 0 Å². The van der Waals surface area contributed by atoms with Crippen LogP contribution in [0.1, 0.15) is 26.1 Å². The molecule has 3 aromatic heterocycles. The molecule has 4 heterocycles. The first-order valence-corrected chi connectivity index (χ1v) is 10.5. The highest BCUT2D eigenvalue weighted by atomic mass is 32.1. The first-order chi connectivity index (χ1) is 12.6. The molecule has 1 N–H and O–H groups in total. The quantitative estimate of drug-likeness (QED) is 0.720. The minimum atomic E-state index is 0.739. The fraction of sp³-hybridized carbons (Fsp3) is 0.500. The van der Waals surface area contributed by atoms with E-state index in [1.165, 1.54) is 15.3 Å². The molecule has 0 saturated carbocycles. The zero-order valence-corrected chi connectivity index (χ0v) is 17.0. The maximum absolute atomic E-state index is 5.44. The van der Waals surface area contributed by atoms with Crippen molar-refractivity contribution in [2.75, 3.05) is 31.6 Å². The van der Waals surface area contributed by atoms with Gasteiger partial charge in [-0.05, 0) is 26.3 Å². The molecule has 1 saturated heterocycles. The van der Waals surface area contributed by atoms with Crippen LogP contribution in [0.15, 0.2) is 6.20 Å². The molecular formula is C18H23N5OS2. The van der Waals surface area contributed by atoms with Crippen molar-refractivity contribution in [3.8, 4) is 0 Å². The number of ether oxygens (including phenoxy) is 1. The van der Waals surface area contributed by atoms with Gasteiger partial charge in [-0.25, -0.2) is 15.0 Å². The summed E-state index contributed by atoms with van der Waals surface area (Å²) in [4.78, 5) is 20.0. The van der Waals surface area contributed by atoms with Gasteiger partial charge in [0.1, 0.15) is 16.5 Å². The zero-order chi connectivity index (χ0) is 18.1. The molecule has 1 aliphatic heterocycles. The van der Waals surface area contributed by atoms with E-state index in [2.05, 4.69) is 29.0 Å². The van der Waals surface area contributed by atoms with Crippen LogP contribution in [0.2, 0.25) is 0 Å². The number of rotatable bonds is 5. The summed E-state index contributed by atoms with van der Waals surface area (Å²) in [5.41, 5.74) is 1.27. The monoisotopic (exact) mass is 389 g/mol. The van der Waals surface area contributed by atoms with Crippen LogP contribution in [-0.2, 0) is 17.8 Å². The number of morpholine rings is 1. The van der Waals surface area contributed by atoms with Gasteiger partial charge in [-0.15, -0.1) is 22.7 Å². The largest absolute Gasteiger partial charge is 0.379 e. The summed E-state index contributed by atoms with van der Waals surface area (Å²) in [7, 11) is 0. The van der Waals surface area contributed by atoms with E-state index in [9.17, 15) is 0 Å². The van der Waals surface area contributed by atoms with Gasteiger partial charge in [0, 0.05) is 29.0 Å². The third-order valence-corrected chi connectivity index (χ3v) is 6.66. The van der Waals surface area contributed by atoms with E-state index < -0.39 is 0 Å². The van der Waals surface area contributed by atoms with Crippen molar-refractivity contribution < 1.29 is 4.74 Å². The van der Waals surface area contributed by atoms with Crippen LogP contribution in [0, 0.1) is 20.8 Å². The first-order valence-electron chi connectivity index (χ1n) is 8.82. The molecule has 0 radical (unpaired) electrons. The van der Waals surface area contributed by atoms with Crippen LogP contribution in [0.4, 0.5) is 5.82 Å². The molecule has 0 bridgehead atoms. The molecule has 6 nitrogen and oxygen atoms in total. The molecule has 26 heavy (non-hydrogen) atoms. The van der Waals surface area contributed by atoms with Crippen LogP contribution in [0.25, 0.3) is 10.2 Å². The van der Waals surface area contributed by atoms with Crippen LogP contribution in [0.5, 0.6) is 0 Å². The molecule has 1 fully saturated rings. The predicted molar refractivity (Wildman–Crippen MR) is 107 cm³/mol. The maximum atomic E-state index is 5.44. The molecule has 0 aromatic carbocycles. The van der Waals surface area contributed by atoms with Gasteiger partial charge in [-0.2, -0.15) is 0 Å². The molecule has 1 aliphatic rings. The van der Waals surface area contributed by atoms with Crippen LogP contribution >= 0.6 is 22.7 Å². The van der Waals surface area contributed by atoms with Crippen molar-refractivity contribution in [1.82, 2.24) is 19.9 Å². The fourth-order valence-corrected chi connectivity index (χ4v) is 4.89. The average molecular weight is 390 g/mol. The number of anilines is 1. The number of hydrogen-bond donors (Lipinski definition) is 1. The zero-order valence-electron chi connectivity index (χ0n) is 15.3. The topological polar surface area (TPSA) is 63.2 Å². The number of nitrogens with zero attached hydrogens (tertiary/aromatic N) is 4. The van der Waals surface area contributed by atoms with Gasteiger partial charge in [0.2, 0.25) is 0 Å². The fourth-order valence-electron chi connectivity index (χ4n) is 3.11. The lowest BCUT2D eigenvalue weighted by molar-refractivity contribution is 0.0331. The Labute approximate surface area is 161 Å². The van der Waals surface area contributed by atoms with E-state index in [1.807, 2.05) is 13.1 Å². The van der Waals surface area contributed by atoms with Crippen molar-refractivity contribution >= 4 is 38.7 Å². The number of fused-ring (bicyclic) bond motifs is 1. The Balaban J connectivity index is 1.63. The highest BCUT2D eigenvalue weighted by molar-refractivity contribution is 7.18. The van der Waals surface area contributed by atoms with E-state index in [0.29, 0.717) is 0 Å². The molecule has 0 spiro atoms. The van der Waals surface area contributed by atoms with Gasteiger partial charge in [0.05, 0.1) is 36.7 Å². The smallest absolute Gasteiger partial charge is 0.146 e. The second kappa shape index (κ2) is 7.56. The minimum Gasteiger partial charge on any atom is -0.379 e. The van der Waals surface area contributed by atoms with Gasteiger partial charge in [-0.1, -0.05) is 0 Å². The minimum absolute atomic E-state index is 0.739. The molecular weight excluding hydrogens is 366 g/mol. The Morgan fingerprint density at radius 2 is 1.96 bits per heavy atom. The molecule has 0 amide bonds. The van der Waals surface area contributed by atoms with Gasteiger partial charge in [-0.3, -0.25) is 4.90 Å². The summed E-state index contributed by atoms with van der Waals surface area (Å²) in [6, 6.07) is 0. The van der Waals surface area contributed by atoms with Crippen LogP contribution < -0.4 is 5.32 Å². The van der Waals surface area contributed by atoms with Crippen molar-refractivity contribution in [2.24, 2.45) is 0 Å². The molecule has 0 aliphatic carbocycles. The molecule has 3 aromatic rings. The number of nitrogens with one attached hydrogen (secondary N) is 1. The third kappa shape index (κ3) is 3.73. The Bertz CT molecular complexity index is 914. The molecule has 4 rings (SSSR count). The number of thiophene rings is 1. The van der Waals surface area contributed by atoms with Gasteiger partial charge in [0.25, 0.3) is 0 Å². The first kappa shape index (κ1) is 17.8. The van der Waals surface area contributed by atoms with Crippen molar-refractivity contribution in [3.05, 3.63) is 32.3 Å². The van der Waals surface area contributed by atoms with Crippen LogP contribution in [-0.4, -0.2) is 46.2 Å². The molecule has 8 heteroatoms. The lowest BCUT2D eigenvalue weighted by Gasteiger charge is -2.25. The standard InChI is InChI=1S/C18H23N5OS2/c1-11-12(2)25-18-16(11)17(20-9-14-8-19-13(3)26-14)21-15(22-18)10-23-4-6-24-7-5-23/h8H,4-7,9-10H2,1-3H3,(H,20,21,22).